The van der Waals surface area contributed by atoms with E-state index in [1.165, 1.54) is 11.1 Å². The smallest absolute Gasteiger partial charge is 0.108 e. The molecule has 1 aliphatic heterocycles. The van der Waals surface area contributed by atoms with Gasteiger partial charge in [0.1, 0.15) is 6.10 Å². The molecule has 1 heterocycles. The van der Waals surface area contributed by atoms with Gasteiger partial charge >= 0.3 is 0 Å². The molecule has 4 aromatic carbocycles. The normalized spacial score (nSPS) is 15.8. The fourth-order valence-electron chi connectivity index (χ4n) is 5.29. The van der Waals surface area contributed by atoms with E-state index in [0.29, 0.717) is 13.2 Å². The number of ether oxygens (including phenoxy) is 1. The van der Waals surface area contributed by atoms with Crippen LogP contribution >= 0.6 is 0 Å². The molecule has 1 fully saturated rings. The maximum absolute atomic E-state index is 10.9. The predicted octanol–water partition coefficient (Wildman–Crippen LogP) is 5.56. The Hall–Kier alpha value is -3.28. The van der Waals surface area contributed by atoms with Gasteiger partial charge in [-0.25, -0.2) is 0 Å². The molecular weight excluding hydrogens is 456 g/mol. The van der Waals surface area contributed by atoms with Gasteiger partial charge in [-0.05, 0) is 22.3 Å². The van der Waals surface area contributed by atoms with Crippen LogP contribution in [0.3, 0.4) is 0 Å². The molecule has 0 bridgehead atoms. The minimum absolute atomic E-state index is 0.189. The SMILES string of the molecule is O[C@@H](COC(c1ccccc1)c1ccccc1)CN1CCN(C(c2ccccc2)c2ccccc2)CC1. The van der Waals surface area contributed by atoms with Gasteiger partial charge in [0.25, 0.3) is 0 Å². The van der Waals surface area contributed by atoms with E-state index < -0.39 is 6.10 Å². The molecule has 1 aliphatic rings. The first-order valence-corrected chi connectivity index (χ1v) is 13.2. The second-order valence-corrected chi connectivity index (χ2v) is 9.75. The van der Waals surface area contributed by atoms with Crippen LogP contribution in [0.2, 0.25) is 0 Å². The van der Waals surface area contributed by atoms with Crippen LogP contribution in [0.25, 0.3) is 0 Å². The number of hydrogen-bond donors (Lipinski definition) is 1. The Morgan fingerprint density at radius 3 is 1.41 bits per heavy atom. The van der Waals surface area contributed by atoms with E-state index in [1.54, 1.807) is 0 Å². The number of aliphatic hydroxyl groups is 1. The van der Waals surface area contributed by atoms with Crippen LogP contribution in [0.1, 0.15) is 34.4 Å². The molecule has 0 unspecified atom stereocenters. The molecule has 0 spiro atoms. The summed E-state index contributed by atoms with van der Waals surface area (Å²) in [6.07, 6.45) is -0.730. The molecule has 190 valence electrons. The van der Waals surface area contributed by atoms with Crippen LogP contribution in [-0.2, 0) is 4.74 Å². The molecular formula is C33H36N2O2. The number of nitrogens with zero attached hydrogens (tertiary/aromatic N) is 2. The first-order chi connectivity index (χ1) is 18.3. The molecule has 0 saturated carbocycles. The summed E-state index contributed by atoms with van der Waals surface area (Å²) < 4.78 is 6.31. The zero-order valence-corrected chi connectivity index (χ0v) is 21.3. The molecule has 0 radical (unpaired) electrons. The maximum Gasteiger partial charge on any atom is 0.108 e. The summed E-state index contributed by atoms with van der Waals surface area (Å²) >= 11 is 0. The molecule has 0 amide bonds. The topological polar surface area (TPSA) is 35.9 Å². The summed E-state index contributed by atoms with van der Waals surface area (Å²) in [4.78, 5) is 4.92. The van der Waals surface area contributed by atoms with Crippen LogP contribution in [0.4, 0.5) is 0 Å². The zero-order valence-electron chi connectivity index (χ0n) is 21.3. The number of piperazine rings is 1. The molecule has 1 atom stereocenters. The largest absolute Gasteiger partial charge is 0.389 e. The van der Waals surface area contributed by atoms with Gasteiger partial charge in [-0.15, -0.1) is 0 Å². The van der Waals surface area contributed by atoms with Crippen LogP contribution in [-0.4, -0.2) is 60.3 Å². The molecule has 1 saturated heterocycles. The molecule has 5 rings (SSSR count). The van der Waals surface area contributed by atoms with Gasteiger partial charge in [-0.1, -0.05) is 121 Å². The molecule has 37 heavy (non-hydrogen) atoms. The number of hydrogen-bond acceptors (Lipinski definition) is 4. The lowest BCUT2D eigenvalue weighted by Gasteiger charge is -2.40. The van der Waals surface area contributed by atoms with Crippen molar-refractivity contribution in [2.75, 3.05) is 39.3 Å². The second kappa shape index (κ2) is 12.8. The number of β-amino-alcohol motifs (C(OH)–C–C–N with tert-alkyl or cyclic N) is 1. The lowest BCUT2D eigenvalue weighted by atomic mass is 9.96. The second-order valence-electron chi connectivity index (χ2n) is 9.75. The third-order valence-electron chi connectivity index (χ3n) is 7.13. The predicted molar refractivity (Wildman–Crippen MR) is 149 cm³/mol. The monoisotopic (exact) mass is 492 g/mol. The van der Waals surface area contributed by atoms with Crippen LogP contribution < -0.4 is 0 Å². The van der Waals surface area contributed by atoms with Gasteiger partial charge in [-0.2, -0.15) is 0 Å². The van der Waals surface area contributed by atoms with E-state index in [9.17, 15) is 5.11 Å². The van der Waals surface area contributed by atoms with Crippen molar-refractivity contribution in [1.29, 1.82) is 0 Å². The first kappa shape index (κ1) is 25.4. The van der Waals surface area contributed by atoms with Crippen LogP contribution in [0.5, 0.6) is 0 Å². The fraction of sp³-hybridized carbons (Fsp3) is 0.273. The number of rotatable bonds is 10. The van der Waals surface area contributed by atoms with Crippen molar-refractivity contribution in [3.05, 3.63) is 144 Å². The van der Waals surface area contributed by atoms with Gasteiger partial charge in [0.05, 0.1) is 18.8 Å². The summed E-state index contributed by atoms with van der Waals surface area (Å²) in [6.45, 7) is 4.68. The van der Waals surface area contributed by atoms with E-state index in [2.05, 4.69) is 94.7 Å². The Morgan fingerprint density at radius 2 is 0.973 bits per heavy atom. The maximum atomic E-state index is 10.9. The lowest BCUT2D eigenvalue weighted by Crippen LogP contribution is -2.50. The van der Waals surface area contributed by atoms with Gasteiger partial charge in [0, 0.05) is 32.7 Å². The average molecular weight is 493 g/mol. The van der Waals surface area contributed by atoms with Gasteiger partial charge < -0.3 is 9.84 Å². The molecule has 4 heteroatoms. The van der Waals surface area contributed by atoms with Crippen molar-refractivity contribution >= 4 is 0 Å². The van der Waals surface area contributed by atoms with E-state index in [0.717, 1.165) is 37.3 Å². The van der Waals surface area contributed by atoms with Crippen LogP contribution in [0, 0.1) is 0 Å². The summed E-state index contributed by atoms with van der Waals surface area (Å²) in [5.41, 5.74) is 4.84. The average Bonchev–Trinajstić information content (AvgIpc) is 2.97. The summed E-state index contributed by atoms with van der Waals surface area (Å²) in [5, 5.41) is 10.9. The quantitative estimate of drug-likeness (QED) is 0.314. The van der Waals surface area contributed by atoms with Crippen molar-refractivity contribution in [1.82, 2.24) is 9.80 Å². The minimum atomic E-state index is -0.541. The highest BCUT2D eigenvalue weighted by Crippen LogP contribution is 2.30. The van der Waals surface area contributed by atoms with Crippen molar-refractivity contribution in [3.63, 3.8) is 0 Å². The van der Waals surface area contributed by atoms with Crippen molar-refractivity contribution in [2.24, 2.45) is 0 Å². The fourth-order valence-corrected chi connectivity index (χ4v) is 5.29. The highest BCUT2D eigenvalue weighted by atomic mass is 16.5. The van der Waals surface area contributed by atoms with E-state index >= 15 is 0 Å². The van der Waals surface area contributed by atoms with Crippen molar-refractivity contribution in [2.45, 2.75) is 18.2 Å². The van der Waals surface area contributed by atoms with Gasteiger partial charge in [0.15, 0.2) is 0 Å². The number of benzene rings is 4. The van der Waals surface area contributed by atoms with E-state index in [4.69, 9.17) is 4.74 Å². The van der Waals surface area contributed by atoms with Gasteiger partial charge in [0.2, 0.25) is 0 Å². The van der Waals surface area contributed by atoms with Crippen molar-refractivity contribution in [3.8, 4) is 0 Å². The van der Waals surface area contributed by atoms with Gasteiger partial charge in [-0.3, -0.25) is 9.80 Å². The van der Waals surface area contributed by atoms with E-state index in [-0.39, 0.29) is 12.1 Å². The Bertz CT molecular complexity index is 1100. The number of aliphatic hydroxyl groups excluding tert-OH is 1. The Morgan fingerprint density at radius 1 is 0.568 bits per heavy atom. The third kappa shape index (κ3) is 6.73. The molecule has 0 aliphatic carbocycles. The third-order valence-corrected chi connectivity index (χ3v) is 7.13. The zero-order chi connectivity index (χ0) is 25.3. The summed E-state index contributed by atoms with van der Waals surface area (Å²) in [6, 6.07) is 42.3. The summed E-state index contributed by atoms with van der Waals surface area (Å²) in [7, 11) is 0. The Balaban J connectivity index is 1.18. The minimum Gasteiger partial charge on any atom is -0.389 e. The Labute approximate surface area is 220 Å². The van der Waals surface area contributed by atoms with Crippen molar-refractivity contribution < 1.29 is 9.84 Å². The lowest BCUT2D eigenvalue weighted by molar-refractivity contribution is -0.0159. The highest BCUT2D eigenvalue weighted by Gasteiger charge is 2.27. The van der Waals surface area contributed by atoms with E-state index in [1.807, 2.05) is 36.4 Å². The summed E-state index contributed by atoms with van der Waals surface area (Å²) in [5.74, 6) is 0. The Kier molecular flexibility index (Phi) is 8.78. The molecule has 1 N–H and O–H groups in total. The standard InChI is InChI=1S/C33H36N2O2/c36-31(26-37-33(29-17-9-3-10-18-29)30-19-11-4-12-20-30)25-34-21-23-35(24-22-34)32(27-13-5-1-6-14-27)28-15-7-2-8-16-28/h1-20,31-33,36H,21-26H2/t31-/m1/s1. The first-order valence-electron chi connectivity index (χ1n) is 13.2. The molecule has 4 aromatic rings. The molecule has 0 aromatic heterocycles. The highest BCUT2D eigenvalue weighted by molar-refractivity contribution is 5.32. The molecule has 4 nitrogen and oxygen atoms in total. The van der Waals surface area contributed by atoms with Crippen LogP contribution in [0.15, 0.2) is 121 Å².